The number of hydrogen-bond acceptors (Lipinski definition) is 3. The van der Waals surface area contributed by atoms with Crippen molar-refractivity contribution < 1.29 is 4.79 Å². The zero-order valence-corrected chi connectivity index (χ0v) is 17.7. The highest BCUT2D eigenvalue weighted by molar-refractivity contribution is 6.30. The van der Waals surface area contributed by atoms with Crippen molar-refractivity contribution in [1.82, 2.24) is 10.3 Å². The van der Waals surface area contributed by atoms with Crippen molar-refractivity contribution >= 4 is 23.2 Å². The summed E-state index contributed by atoms with van der Waals surface area (Å²) in [5.74, 6) is -0.221. The van der Waals surface area contributed by atoms with Gasteiger partial charge >= 0.3 is 0 Å². The molecule has 1 aliphatic rings. The van der Waals surface area contributed by atoms with Gasteiger partial charge in [0.15, 0.2) is 0 Å². The minimum atomic E-state index is -0.221. The molecule has 0 saturated heterocycles. The smallest absolute Gasteiger partial charge is 0.271 e. The predicted octanol–water partition coefficient (Wildman–Crippen LogP) is 5.05. The first-order valence-corrected chi connectivity index (χ1v) is 10.4. The van der Waals surface area contributed by atoms with E-state index in [0.717, 1.165) is 37.3 Å². The van der Waals surface area contributed by atoms with Crippen LogP contribution in [0.1, 0.15) is 39.5 Å². The van der Waals surface area contributed by atoms with Crippen molar-refractivity contribution in [2.45, 2.75) is 26.4 Å². The van der Waals surface area contributed by atoms with Gasteiger partial charge in [0, 0.05) is 30.2 Å². The molecule has 1 aliphatic heterocycles. The van der Waals surface area contributed by atoms with Gasteiger partial charge in [0.2, 0.25) is 0 Å². The fourth-order valence-corrected chi connectivity index (χ4v) is 3.79. The summed E-state index contributed by atoms with van der Waals surface area (Å²) in [4.78, 5) is 14.9. The SMILES string of the molecule is C/C(=N/NC(=O)c1ccc(CN2CCc3ccccc3C2)cc1)c1ccc(Cl)cc1. The van der Waals surface area contributed by atoms with Gasteiger partial charge in [0.05, 0.1) is 5.71 Å². The maximum absolute atomic E-state index is 12.4. The van der Waals surface area contributed by atoms with E-state index in [1.807, 2.05) is 43.3 Å². The second-order valence-corrected chi connectivity index (χ2v) is 8.01. The Labute approximate surface area is 182 Å². The number of carbonyl (C=O) groups excluding carboxylic acids is 1. The molecule has 152 valence electrons. The lowest BCUT2D eigenvalue weighted by atomic mass is 9.99. The van der Waals surface area contributed by atoms with Crippen LogP contribution >= 0.6 is 11.6 Å². The second kappa shape index (κ2) is 9.24. The summed E-state index contributed by atoms with van der Waals surface area (Å²) in [5.41, 5.74) is 8.93. The Balaban J connectivity index is 1.34. The van der Waals surface area contributed by atoms with Gasteiger partial charge < -0.3 is 0 Å². The molecule has 5 heteroatoms. The number of fused-ring (bicyclic) bond motifs is 1. The Morgan fingerprint density at radius 1 is 0.967 bits per heavy atom. The summed E-state index contributed by atoms with van der Waals surface area (Å²) in [5, 5.41) is 4.87. The number of nitrogens with zero attached hydrogens (tertiary/aromatic N) is 2. The number of hydrazone groups is 1. The molecule has 1 amide bonds. The fourth-order valence-electron chi connectivity index (χ4n) is 3.66. The first kappa shape index (κ1) is 20.3. The summed E-state index contributed by atoms with van der Waals surface area (Å²) >= 11 is 5.91. The van der Waals surface area contributed by atoms with Crippen LogP contribution in [0.15, 0.2) is 77.9 Å². The van der Waals surface area contributed by atoms with Crippen LogP contribution in [0.3, 0.4) is 0 Å². The molecule has 3 aromatic carbocycles. The summed E-state index contributed by atoms with van der Waals surface area (Å²) in [7, 11) is 0. The molecule has 30 heavy (non-hydrogen) atoms. The van der Waals surface area contributed by atoms with E-state index in [1.165, 1.54) is 16.7 Å². The number of amides is 1. The molecule has 0 unspecified atom stereocenters. The van der Waals surface area contributed by atoms with Crippen LogP contribution in [0, 0.1) is 0 Å². The number of rotatable bonds is 5. The Morgan fingerprint density at radius 2 is 1.63 bits per heavy atom. The minimum absolute atomic E-state index is 0.221. The lowest BCUT2D eigenvalue weighted by Gasteiger charge is -2.28. The van der Waals surface area contributed by atoms with Gasteiger partial charge in [-0.3, -0.25) is 9.69 Å². The molecule has 0 spiro atoms. The van der Waals surface area contributed by atoms with Crippen molar-refractivity contribution in [3.8, 4) is 0 Å². The zero-order valence-electron chi connectivity index (χ0n) is 16.9. The van der Waals surface area contributed by atoms with Crippen molar-refractivity contribution in [2.24, 2.45) is 5.10 Å². The van der Waals surface area contributed by atoms with Crippen LogP contribution < -0.4 is 5.43 Å². The minimum Gasteiger partial charge on any atom is -0.294 e. The molecule has 3 aromatic rings. The van der Waals surface area contributed by atoms with Gasteiger partial charge in [0.25, 0.3) is 5.91 Å². The summed E-state index contributed by atoms with van der Waals surface area (Å²) < 4.78 is 0. The first-order valence-electron chi connectivity index (χ1n) is 10.1. The van der Waals surface area contributed by atoms with E-state index in [4.69, 9.17) is 11.6 Å². The molecule has 0 fully saturated rings. The van der Waals surface area contributed by atoms with Crippen LogP contribution in [0.5, 0.6) is 0 Å². The molecule has 1 heterocycles. The van der Waals surface area contributed by atoms with Gasteiger partial charge in [-0.25, -0.2) is 5.43 Å². The highest BCUT2D eigenvalue weighted by Crippen LogP contribution is 2.20. The standard InChI is InChI=1S/C25H24ClN3O/c1-18(20-10-12-24(26)13-11-20)27-28-25(30)22-8-6-19(7-9-22)16-29-15-14-21-4-2-3-5-23(21)17-29/h2-13H,14-17H2,1H3,(H,28,30)/b27-18-. The highest BCUT2D eigenvalue weighted by Gasteiger charge is 2.16. The first-order chi connectivity index (χ1) is 14.6. The number of hydrogen-bond donors (Lipinski definition) is 1. The number of nitrogens with one attached hydrogen (secondary N) is 1. The highest BCUT2D eigenvalue weighted by atomic mass is 35.5. The maximum atomic E-state index is 12.4. The molecule has 0 bridgehead atoms. The molecule has 0 aliphatic carbocycles. The summed E-state index contributed by atoms with van der Waals surface area (Å²) in [6, 6.07) is 23.8. The van der Waals surface area contributed by atoms with Gasteiger partial charge in [0.1, 0.15) is 0 Å². The fraction of sp³-hybridized carbons (Fsp3) is 0.200. The van der Waals surface area contributed by atoms with E-state index >= 15 is 0 Å². The Morgan fingerprint density at radius 3 is 2.37 bits per heavy atom. The van der Waals surface area contributed by atoms with Crippen LogP contribution in [-0.4, -0.2) is 23.1 Å². The van der Waals surface area contributed by atoms with Crippen LogP contribution in [-0.2, 0) is 19.5 Å². The second-order valence-electron chi connectivity index (χ2n) is 7.57. The van der Waals surface area contributed by atoms with Crippen LogP contribution in [0.4, 0.5) is 0 Å². The summed E-state index contributed by atoms with van der Waals surface area (Å²) in [6.07, 6.45) is 1.08. The van der Waals surface area contributed by atoms with Gasteiger partial charge in [-0.1, -0.05) is 60.1 Å². The van der Waals surface area contributed by atoms with Crippen molar-refractivity contribution in [3.05, 3.63) is 106 Å². The normalized spacial score (nSPS) is 14.3. The van der Waals surface area contributed by atoms with Gasteiger partial charge in [-0.2, -0.15) is 5.10 Å². The van der Waals surface area contributed by atoms with Crippen molar-refractivity contribution in [1.29, 1.82) is 0 Å². The van der Waals surface area contributed by atoms with Crippen LogP contribution in [0.2, 0.25) is 5.02 Å². The monoisotopic (exact) mass is 417 g/mol. The molecule has 4 nitrogen and oxygen atoms in total. The van der Waals surface area contributed by atoms with Crippen molar-refractivity contribution in [2.75, 3.05) is 6.54 Å². The average molecular weight is 418 g/mol. The van der Waals surface area contributed by atoms with Gasteiger partial charge in [-0.15, -0.1) is 0 Å². The third-order valence-electron chi connectivity index (χ3n) is 5.42. The largest absolute Gasteiger partial charge is 0.294 e. The van der Waals surface area contributed by atoms with E-state index in [0.29, 0.717) is 10.6 Å². The third-order valence-corrected chi connectivity index (χ3v) is 5.67. The average Bonchev–Trinajstić information content (AvgIpc) is 2.78. The van der Waals surface area contributed by atoms with Crippen molar-refractivity contribution in [3.63, 3.8) is 0 Å². The van der Waals surface area contributed by atoms with E-state index in [1.54, 1.807) is 12.1 Å². The molecule has 0 atom stereocenters. The van der Waals surface area contributed by atoms with E-state index in [2.05, 4.69) is 39.7 Å². The predicted molar refractivity (Wildman–Crippen MR) is 122 cm³/mol. The molecule has 0 radical (unpaired) electrons. The molecule has 1 N–H and O–H groups in total. The number of carbonyl (C=O) groups is 1. The molecule has 0 saturated carbocycles. The number of halogens is 1. The maximum Gasteiger partial charge on any atom is 0.271 e. The van der Waals surface area contributed by atoms with E-state index in [9.17, 15) is 4.79 Å². The molecule has 0 aromatic heterocycles. The summed E-state index contributed by atoms with van der Waals surface area (Å²) in [6.45, 7) is 4.75. The third kappa shape index (κ3) is 4.96. The van der Waals surface area contributed by atoms with Gasteiger partial charge in [-0.05, 0) is 59.9 Å². The topological polar surface area (TPSA) is 44.7 Å². The zero-order chi connectivity index (χ0) is 20.9. The Hall–Kier alpha value is -2.95. The Bertz CT molecular complexity index is 1060. The van der Waals surface area contributed by atoms with E-state index < -0.39 is 0 Å². The Kier molecular flexibility index (Phi) is 6.26. The van der Waals surface area contributed by atoms with Crippen LogP contribution in [0.25, 0.3) is 0 Å². The molecular formula is C25H24ClN3O. The van der Waals surface area contributed by atoms with E-state index in [-0.39, 0.29) is 5.91 Å². The number of benzene rings is 3. The molecular weight excluding hydrogens is 394 g/mol. The molecule has 4 rings (SSSR count). The lowest BCUT2D eigenvalue weighted by molar-refractivity contribution is 0.0955. The quantitative estimate of drug-likeness (QED) is 0.466. The lowest BCUT2D eigenvalue weighted by Crippen LogP contribution is -2.30.